The molecule has 0 N–H and O–H groups in total. The normalized spacial score (nSPS) is 29.9. The topological polar surface area (TPSA) is 70.2 Å². The number of nitrogens with zero attached hydrogens (tertiary/aromatic N) is 3. The van der Waals surface area contributed by atoms with Crippen LogP contribution in [0.5, 0.6) is 0 Å². The number of carbonyl (C=O) groups excluding carboxylic acids is 1. The summed E-state index contributed by atoms with van der Waals surface area (Å²) in [5.74, 6) is 0.139. The lowest BCUT2D eigenvalue weighted by Crippen LogP contribution is -2.60. The fraction of sp³-hybridized carbons (Fsp3) is 0.929. The highest BCUT2D eigenvalue weighted by atomic mass is 32.3. The number of ether oxygens (including phenoxy) is 1. The van der Waals surface area contributed by atoms with Gasteiger partial charge in [0.2, 0.25) is 5.91 Å². The molecule has 0 aliphatic carbocycles. The van der Waals surface area contributed by atoms with Gasteiger partial charge in [0.1, 0.15) is 0 Å². The van der Waals surface area contributed by atoms with E-state index in [1.165, 1.54) is 0 Å². The van der Waals surface area contributed by atoms with Crippen molar-refractivity contribution in [3.63, 3.8) is 0 Å². The Kier molecular flexibility index (Phi) is 5.19. The molecule has 3 aliphatic heterocycles. The summed E-state index contributed by atoms with van der Waals surface area (Å²) < 4.78 is 41.1. The molecule has 3 saturated heterocycles. The van der Waals surface area contributed by atoms with Gasteiger partial charge in [-0.1, -0.05) is 3.89 Å². The Bertz CT molecular complexity index is 530. The van der Waals surface area contributed by atoms with Crippen molar-refractivity contribution in [2.24, 2.45) is 0 Å². The zero-order chi connectivity index (χ0) is 16.4. The molecule has 0 radical (unpaired) electrons. The molecule has 3 fully saturated rings. The Morgan fingerprint density at radius 2 is 1.65 bits per heavy atom. The van der Waals surface area contributed by atoms with Crippen molar-refractivity contribution >= 4 is 16.3 Å². The van der Waals surface area contributed by atoms with Crippen LogP contribution in [0.15, 0.2) is 0 Å². The van der Waals surface area contributed by atoms with Gasteiger partial charge >= 0.3 is 10.4 Å². The minimum atomic E-state index is -4.62. The summed E-state index contributed by atoms with van der Waals surface area (Å²) in [6, 6.07) is 0.0580. The lowest BCUT2D eigenvalue weighted by Gasteiger charge is -2.44. The maximum absolute atomic E-state index is 13.0. The smallest absolute Gasteiger partial charge is 0.374 e. The van der Waals surface area contributed by atoms with Crippen LogP contribution in [0.4, 0.5) is 3.89 Å². The van der Waals surface area contributed by atoms with E-state index in [1.807, 2.05) is 9.80 Å². The molecule has 132 valence electrons. The van der Waals surface area contributed by atoms with Crippen molar-refractivity contribution in [1.82, 2.24) is 14.1 Å². The van der Waals surface area contributed by atoms with Gasteiger partial charge in [0.25, 0.3) is 0 Å². The van der Waals surface area contributed by atoms with Crippen LogP contribution in [0, 0.1) is 0 Å². The fourth-order valence-electron chi connectivity index (χ4n) is 3.81. The van der Waals surface area contributed by atoms with Gasteiger partial charge in [0.05, 0.1) is 6.04 Å². The van der Waals surface area contributed by atoms with E-state index >= 15 is 0 Å². The molecule has 23 heavy (non-hydrogen) atoms. The second kappa shape index (κ2) is 7.00. The highest BCUT2D eigenvalue weighted by molar-refractivity contribution is 7.83. The highest BCUT2D eigenvalue weighted by Gasteiger charge is 2.39. The Morgan fingerprint density at radius 1 is 1.00 bits per heavy atom. The standard InChI is InChI=1S/C14H24FN3O4S/c15-23(20,21)17-8-6-16(7-9-17)13-2-1-5-18(14(13)19)12-3-10-22-11-4-12/h12-13H,1-11H2. The van der Waals surface area contributed by atoms with Gasteiger partial charge in [0, 0.05) is 52.0 Å². The van der Waals surface area contributed by atoms with Gasteiger partial charge in [-0.2, -0.15) is 12.7 Å². The molecule has 0 aromatic carbocycles. The van der Waals surface area contributed by atoms with Gasteiger partial charge in [-0.3, -0.25) is 9.69 Å². The first-order chi connectivity index (χ1) is 11.0. The largest absolute Gasteiger partial charge is 0.381 e. The molecular formula is C14H24FN3O4S. The predicted octanol–water partition coefficient (Wildman–Crippen LogP) is -0.0117. The Morgan fingerprint density at radius 3 is 2.26 bits per heavy atom. The minimum absolute atomic E-state index is 0.111. The van der Waals surface area contributed by atoms with Crippen molar-refractivity contribution < 1.29 is 21.8 Å². The van der Waals surface area contributed by atoms with E-state index in [1.54, 1.807) is 0 Å². The van der Waals surface area contributed by atoms with Crippen LogP contribution in [-0.2, 0) is 19.9 Å². The number of amides is 1. The van der Waals surface area contributed by atoms with Crippen molar-refractivity contribution in [3.05, 3.63) is 0 Å². The van der Waals surface area contributed by atoms with Crippen molar-refractivity contribution in [3.8, 4) is 0 Å². The molecule has 3 heterocycles. The first-order valence-electron chi connectivity index (χ1n) is 8.29. The average molecular weight is 349 g/mol. The second-order valence-corrected chi connectivity index (χ2v) is 7.75. The van der Waals surface area contributed by atoms with Gasteiger partial charge in [-0.25, -0.2) is 0 Å². The van der Waals surface area contributed by atoms with Gasteiger partial charge < -0.3 is 9.64 Å². The third-order valence-electron chi connectivity index (χ3n) is 5.10. The number of hydrogen-bond donors (Lipinski definition) is 0. The molecule has 9 heteroatoms. The monoisotopic (exact) mass is 349 g/mol. The molecule has 0 saturated carbocycles. The Hall–Kier alpha value is -0.770. The highest BCUT2D eigenvalue weighted by Crippen LogP contribution is 2.25. The summed E-state index contributed by atoms with van der Waals surface area (Å²) in [5, 5.41) is 0. The fourth-order valence-corrected chi connectivity index (χ4v) is 4.41. The molecule has 0 bridgehead atoms. The molecule has 1 amide bonds. The molecule has 0 spiro atoms. The molecule has 0 aromatic heterocycles. The van der Waals surface area contributed by atoms with Crippen LogP contribution in [0.3, 0.4) is 0 Å². The maximum Gasteiger partial charge on any atom is 0.374 e. The Labute approximate surface area is 136 Å². The van der Waals surface area contributed by atoms with Crippen LogP contribution in [0.1, 0.15) is 25.7 Å². The number of piperazine rings is 1. The number of carbonyl (C=O) groups is 1. The zero-order valence-electron chi connectivity index (χ0n) is 13.2. The van der Waals surface area contributed by atoms with E-state index in [0.717, 1.165) is 36.5 Å². The zero-order valence-corrected chi connectivity index (χ0v) is 14.0. The predicted molar refractivity (Wildman–Crippen MR) is 81.7 cm³/mol. The Balaban J connectivity index is 1.60. The maximum atomic E-state index is 13.0. The number of likely N-dealkylation sites (tertiary alicyclic amines) is 1. The van der Waals surface area contributed by atoms with Crippen molar-refractivity contribution in [2.45, 2.75) is 37.8 Å². The number of hydrogen-bond acceptors (Lipinski definition) is 5. The number of piperidine rings is 1. The van der Waals surface area contributed by atoms with Crippen LogP contribution < -0.4 is 0 Å². The van der Waals surface area contributed by atoms with Crippen molar-refractivity contribution in [2.75, 3.05) is 45.9 Å². The van der Waals surface area contributed by atoms with E-state index in [0.29, 0.717) is 26.3 Å². The third kappa shape index (κ3) is 3.84. The molecular weight excluding hydrogens is 325 g/mol. The van der Waals surface area contributed by atoms with Gasteiger partial charge in [-0.15, -0.1) is 0 Å². The van der Waals surface area contributed by atoms with E-state index < -0.39 is 10.4 Å². The number of rotatable bonds is 3. The molecule has 3 rings (SSSR count). The summed E-state index contributed by atoms with van der Waals surface area (Å²) in [5.41, 5.74) is 0. The van der Waals surface area contributed by atoms with Gasteiger partial charge in [0.15, 0.2) is 0 Å². The molecule has 7 nitrogen and oxygen atoms in total. The molecule has 1 unspecified atom stereocenters. The first kappa shape index (κ1) is 17.1. The lowest BCUT2D eigenvalue weighted by molar-refractivity contribution is -0.145. The number of halogens is 1. The van der Waals surface area contributed by atoms with Crippen LogP contribution in [0.25, 0.3) is 0 Å². The summed E-state index contributed by atoms with van der Waals surface area (Å²) in [6.07, 6.45) is 3.51. The molecule has 0 aromatic rings. The van der Waals surface area contributed by atoms with E-state index in [2.05, 4.69) is 0 Å². The van der Waals surface area contributed by atoms with Gasteiger partial charge in [-0.05, 0) is 25.7 Å². The summed E-state index contributed by atoms with van der Waals surface area (Å²) in [4.78, 5) is 16.8. The lowest BCUT2D eigenvalue weighted by atomic mass is 9.97. The second-order valence-electron chi connectivity index (χ2n) is 6.41. The van der Waals surface area contributed by atoms with E-state index in [-0.39, 0.29) is 31.1 Å². The summed E-state index contributed by atoms with van der Waals surface area (Å²) in [6.45, 7) is 3.22. The molecule has 1 atom stereocenters. The minimum Gasteiger partial charge on any atom is -0.381 e. The van der Waals surface area contributed by atoms with Crippen LogP contribution in [0.2, 0.25) is 0 Å². The van der Waals surface area contributed by atoms with E-state index in [4.69, 9.17) is 4.74 Å². The third-order valence-corrected chi connectivity index (χ3v) is 6.08. The average Bonchev–Trinajstić information content (AvgIpc) is 2.55. The SMILES string of the molecule is O=C1C(N2CCN(S(=O)(=O)F)CC2)CCCN1C1CCOCC1. The molecule has 3 aliphatic rings. The van der Waals surface area contributed by atoms with Crippen LogP contribution in [-0.4, -0.2) is 86.5 Å². The quantitative estimate of drug-likeness (QED) is 0.670. The summed E-state index contributed by atoms with van der Waals surface area (Å²) >= 11 is 0. The van der Waals surface area contributed by atoms with Crippen molar-refractivity contribution in [1.29, 1.82) is 0 Å². The summed E-state index contributed by atoms with van der Waals surface area (Å²) in [7, 11) is -4.62. The van der Waals surface area contributed by atoms with E-state index in [9.17, 15) is 17.1 Å². The van der Waals surface area contributed by atoms with Crippen LogP contribution >= 0.6 is 0 Å². The first-order valence-corrected chi connectivity index (χ1v) is 9.63.